The Bertz CT molecular complexity index is 482. The molecule has 0 aliphatic carbocycles. The van der Waals surface area contributed by atoms with E-state index in [4.69, 9.17) is 4.74 Å². The maximum atomic E-state index is 12.7. The average molecular weight is 290 g/mol. The van der Waals surface area contributed by atoms with Crippen molar-refractivity contribution in [2.75, 3.05) is 33.4 Å². The molecule has 1 N–H and O–H groups in total. The molecule has 1 fully saturated rings. The Morgan fingerprint density at radius 2 is 2.19 bits per heavy atom. The minimum Gasteiger partial charge on any atom is -0.383 e. The lowest BCUT2D eigenvalue weighted by atomic mass is 10.1. The molecule has 1 amide bonds. The highest BCUT2D eigenvalue weighted by Gasteiger charge is 2.22. The van der Waals surface area contributed by atoms with E-state index in [-0.39, 0.29) is 5.91 Å². The molecule has 1 aliphatic rings. The van der Waals surface area contributed by atoms with Crippen molar-refractivity contribution >= 4 is 5.91 Å². The Labute approximate surface area is 127 Å². The summed E-state index contributed by atoms with van der Waals surface area (Å²) >= 11 is 0. The van der Waals surface area contributed by atoms with Crippen LogP contribution in [0.3, 0.4) is 0 Å². The third-order valence-corrected chi connectivity index (χ3v) is 4.21. The Balaban J connectivity index is 2.09. The summed E-state index contributed by atoms with van der Waals surface area (Å²) in [5.41, 5.74) is 3.14. The molecule has 0 aromatic heterocycles. The molecule has 1 saturated heterocycles. The van der Waals surface area contributed by atoms with Crippen molar-refractivity contribution in [3.63, 3.8) is 0 Å². The second-order valence-corrected chi connectivity index (χ2v) is 5.84. The number of benzene rings is 1. The standard InChI is InChI=1S/C17H26N2O2/c1-13-6-7-15(11-14(13)2)17(20)19(9-10-21-3)12-16-5-4-8-18-16/h6-7,11,16,18H,4-5,8-10,12H2,1-3H3. The lowest BCUT2D eigenvalue weighted by Gasteiger charge is -2.26. The van der Waals surface area contributed by atoms with E-state index in [1.54, 1.807) is 7.11 Å². The highest BCUT2D eigenvalue weighted by atomic mass is 16.5. The number of amides is 1. The first-order valence-corrected chi connectivity index (χ1v) is 7.70. The predicted molar refractivity (Wildman–Crippen MR) is 84.7 cm³/mol. The van der Waals surface area contributed by atoms with Crippen LogP contribution >= 0.6 is 0 Å². The van der Waals surface area contributed by atoms with Gasteiger partial charge in [0.1, 0.15) is 0 Å². The third-order valence-electron chi connectivity index (χ3n) is 4.21. The topological polar surface area (TPSA) is 41.6 Å². The van der Waals surface area contributed by atoms with Crippen molar-refractivity contribution in [2.24, 2.45) is 0 Å². The van der Waals surface area contributed by atoms with E-state index in [1.807, 2.05) is 30.0 Å². The summed E-state index contributed by atoms with van der Waals surface area (Å²) in [6.07, 6.45) is 2.34. The van der Waals surface area contributed by atoms with Crippen molar-refractivity contribution < 1.29 is 9.53 Å². The fraction of sp³-hybridized carbons (Fsp3) is 0.588. The molecule has 4 heteroatoms. The number of methoxy groups -OCH3 is 1. The monoisotopic (exact) mass is 290 g/mol. The highest BCUT2D eigenvalue weighted by Crippen LogP contribution is 2.14. The molecule has 0 spiro atoms. The van der Waals surface area contributed by atoms with Gasteiger partial charge in [-0.1, -0.05) is 6.07 Å². The van der Waals surface area contributed by atoms with Crippen LogP contribution in [0.1, 0.15) is 34.3 Å². The molecule has 4 nitrogen and oxygen atoms in total. The summed E-state index contributed by atoms with van der Waals surface area (Å²) in [6, 6.07) is 6.34. The van der Waals surface area contributed by atoms with Crippen LogP contribution in [-0.2, 0) is 4.74 Å². The Hall–Kier alpha value is -1.39. The van der Waals surface area contributed by atoms with Crippen LogP contribution < -0.4 is 5.32 Å². The Morgan fingerprint density at radius 1 is 1.38 bits per heavy atom. The Kier molecular flexibility index (Phi) is 5.76. The van der Waals surface area contributed by atoms with E-state index < -0.39 is 0 Å². The molecular weight excluding hydrogens is 264 g/mol. The minimum atomic E-state index is 0.101. The van der Waals surface area contributed by atoms with Crippen LogP contribution in [0.5, 0.6) is 0 Å². The first kappa shape index (κ1) is 16.0. The smallest absolute Gasteiger partial charge is 0.253 e. The van der Waals surface area contributed by atoms with Gasteiger partial charge in [-0.15, -0.1) is 0 Å². The molecule has 0 saturated carbocycles. The van der Waals surface area contributed by atoms with Crippen LogP contribution in [-0.4, -0.2) is 50.2 Å². The van der Waals surface area contributed by atoms with Gasteiger partial charge < -0.3 is 15.0 Å². The second-order valence-electron chi connectivity index (χ2n) is 5.84. The number of carbonyl (C=O) groups excluding carboxylic acids is 1. The number of nitrogens with zero attached hydrogens (tertiary/aromatic N) is 1. The zero-order chi connectivity index (χ0) is 15.2. The minimum absolute atomic E-state index is 0.101. The van der Waals surface area contributed by atoms with E-state index in [0.29, 0.717) is 19.2 Å². The molecule has 21 heavy (non-hydrogen) atoms. The van der Waals surface area contributed by atoms with E-state index >= 15 is 0 Å². The zero-order valence-electron chi connectivity index (χ0n) is 13.3. The number of hydrogen-bond donors (Lipinski definition) is 1. The average Bonchev–Trinajstić information content (AvgIpc) is 2.98. The number of hydrogen-bond acceptors (Lipinski definition) is 3. The molecule has 1 aromatic rings. The van der Waals surface area contributed by atoms with Crippen LogP contribution in [0.2, 0.25) is 0 Å². The predicted octanol–water partition coefficient (Wildman–Crippen LogP) is 2.14. The SMILES string of the molecule is COCCN(CC1CCCN1)C(=O)c1ccc(C)c(C)c1. The van der Waals surface area contributed by atoms with Gasteiger partial charge >= 0.3 is 0 Å². The van der Waals surface area contributed by atoms with Gasteiger partial charge in [0.15, 0.2) is 0 Å². The van der Waals surface area contributed by atoms with Gasteiger partial charge in [-0.25, -0.2) is 0 Å². The van der Waals surface area contributed by atoms with Gasteiger partial charge in [0.2, 0.25) is 0 Å². The summed E-state index contributed by atoms with van der Waals surface area (Å²) in [4.78, 5) is 14.7. The number of carbonyl (C=O) groups is 1. The van der Waals surface area contributed by atoms with Crippen LogP contribution in [0, 0.1) is 13.8 Å². The Morgan fingerprint density at radius 3 is 2.81 bits per heavy atom. The van der Waals surface area contributed by atoms with Crippen LogP contribution in [0.25, 0.3) is 0 Å². The number of rotatable bonds is 6. The number of nitrogens with one attached hydrogen (secondary N) is 1. The molecule has 0 bridgehead atoms. The maximum Gasteiger partial charge on any atom is 0.253 e. The molecule has 1 aliphatic heterocycles. The maximum absolute atomic E-state index is 12.7. The third kappa shape index (κ3) is 4.29. The lowest BCUT2D eigenvalue weighted by Crippen LogP contribution is -2.42. The number of aryl methyl sites for hydroxylation is 2. The second kappa shape index (κ2) is 7.57. The first-order valence-electron chi connectivity index (χ1n) is 7.70. The molecule has 116 valence electrons. The summed E-state index contributed by atoms with van der Waals surface area (Å²) in [7, 11) is 1.67. The van der Waals surface area contributed by atoms with Crippen molar-refractivity contribution in [3.8, 4) is 0 Å². The van der Waals surface area contributed by atoms with Gasteiger partial charge in [-0.05, 0) is 56.5 Å². The van der Waals surface area contributed by atoms with Gasteiger partial charge in [0.05, 0.1) is 6.61 Å². The summed E-state index contributed by atoms with van der Waals surface area (Å²) in [5.74, 6) is 0.101. The molecule has 2 rings (SSSR count). The lowest BCUT2D eigenvalue weighted by molar-refractivity contribution is 0.0679. The van der Waals surface area contributed by atoms with Crippen molar-refractivity contribution in [1.29, 1.82) is 0 Å². The molecule has 1 unspecified atom stereocenters. The van der Waals surface area contributed by atoms with E-state index in [2.05, 4.69) is 12.2 Å². The largest absolute Gasteiger partial charge is 0.383 e. The molecule has 0 radical (unpaired) electrons. The van der Waals surface area contributed by atoms with Gasteiger partial charge in [-0.3, -0.25) is 4.79 Å². The van der Waals surface area contributed by atoms with E-state index in [0.717, 1.165) is 30.6 Å². The molecule has 1 aromatic carbocycles. The fourth-order valence-corrected chi connectivity index (χ4v) is 2.71. The van der Waals surface area contributed by atoms with Crippen molar-refractivity contribution in [2.45, 2.75) is 32.7 Å². The fourth-order valence-electron chi connectivity index (χ4n) is 2.71. The van der Waals surface area contributed by atoms with Gasteiger partial charge in [0.25, 0.3) is 5.91 Å². The first-order chi connectivity index (χ1) is 10.1. The summed E-state index contributed by atoms with van der Waals surface area (Å²) in [6.45, 7) is 7.14. The van der Waals surface area contributed by atoms with Crippen LogP contribution in [0.4, 0.5) is 0 Å². The molecule has 1 atom stereocenters. The number of ether oxygens (including phenoxy) is 1. The van der Waals surface area contributed by atoms with E-state index in [9.17, 15) is 4.79 Å². The highest BCUT2D eigenvalue weighted by molar-refractivity contribution is 5.94. The van der Waals surface area contributed by atoms with Crippen molar-refractivity contribution in [1.82, 2.24) is 10.2 Å². The molecule has 1 heterocycles. The summed E-state index contributed by atoms with van der Waals surface area (Å²) < 4.78 is 5.15. The summed E-state index contributed by atoms with van der Waals surface area (Å²) in [5, 5.41) is 3.46. The molecular formula is C17H26N2O2. The van der Waals surface area contributed by atoms with Gasteiger partial charge in [0, 0.05) is 31.8 Å². The van der Waals surface area contributed by atoms with Crippen LogP contribution in [0.15, 0.2) is 18.2 Å². The van der Waals surface area contributed by atoms with E-state index in [1.165, 1.54) is 12.0 Å². The van der Waals surface area contributed by atoms with Crippen molar-refractivity contribution in [3.05, 3.63) is 34.9 Å². The normalized spacial score (nSPS) is 18.0. The zero-order valence-corrected chi connectivity index (χ0v) is 13.3. The quantitative estimate of drug-likeness (QED) is 0.873. The van der Waals surface area contributed by atoms with Gasteiger partial charge in [-0.2, -0.15) is 0 Å².